The van der Waals surface area contributed by atoms with Crippen LogP contribution in [0.15, 0.2) is 79.1 Å². The first kappa shape index (κ1) is 21.2. The van der Waals surface area contributed by atoms with Crippen molar-refractivity contribution in [3.63, 3.8) is 0 Å². The number of halogens is 4. The molecule has 0 spiro atoms. The van der Waals surface area contributed by atoms with Gasteiger partial charge in [0.2, 0.25) is 0 Å². The number of allylic oxidation sites excluding steroid dienone is 1. The van der Waals surface area contributed by atoms with Crippen molar-refractivity contribution < 1.29 is 27.1 Å². The Kier molecular flexibility index (Phi) is 5.68. The van der Waals surface area contributed by atoms with Crippen LogP contribution < -0.4 is 4.74 Å². The van der Waals surface area contributed by atoms with Gasteiger partial charge in [0.05, 0.1) is 11.0 Å². The normalized spacial score (nSPS) is 11.8. The molecule has 0 saturated carbocycles. The first-order valence-corrected chi connectivity index (χ1v) is 9.37. The number of carbonyl (C=O) groups is 1. The molecule has 0 bridgehead atoms. The van der Waals surface area contributed by atoms with Crippen molar-refractivity contribution in [3.8, 4) is 16.9 Å². The van der Waals surface area contributed by atoms with Crippen LogP contribution in [0.3, 0.4) is 0 Å². The van der Waals surface area contributed by atoms with E-state index in [9.17, 15) is 22.4 Å². The van der Waals surface area contributed by atoms with Crippen LogP contribution in [0, 0.1) is 5.82 Å². The molecule has 4 aromatic rings. The summed E-state index contributed by atoms with van der Waals surface area (Å²) in [4.78, 5) is 20.9. The molecule has 3 aromatic carbocycles. The molecule has 0 fully saturated rings. The first-order valence-electron chi connectivity index (χ1n) is 9.37. The average molecular weight is 438 g/mol. The van der Waals surface area contributed by atoms with Crippen LogP contribution in [0.2, 0.25) is 0 Å². The van der Waals surface area contributed by atoms with Crippen LogP contribution in [0.1, 0.15) is 15.9 Å². The maximum Gasteiger partial charge on any atom is 0.573 e. The molecule has 4 rings (SSSR count). The fourth-order valence-corrected chi connectivity index (χ4v) is 3.07. The van der Waals surface area contributed by atoms with E-state index >= 15 is 0 Å². The number of carbonyl (C=O) groups excluding carboxylic acids is 1. The number of fused-ring (bicyclic) bond motifs is 1. The van der Waals surface area contributed by atoms with Crippen molar-refractivity contribution >= 4 is 22.9 Å². The van der Waals surface area contributed by atoms with Crippen LogP contribution in [0.25, 0.3) is 28.2 Å². The molecule has 0 atom stereocenters. The largest absolute Gasteiger partial charge is 0.573 e. The Morgan fingerprint density at radius 3 is 2.22 bits per heavy atom. The molecule has 1 heterocycles. The number of hydrogen-bond acceptors (Lipinski definition) is 4. The second-order valence-corrected chi connectivity index (χ2v) is 6.77. The third kappa shape index (κ3) is 4.97. The molecule has 0 saturated heterocycles. The Labute approximate surface area is 179 Å². The molecule has 160 valence electrons. The number of ketones is 1. The lowest BCUT2D eigenvalue weighted by Gasteiger charge is -2.10. The number of alkyl halides is 3. The van der Waals surface area contributed by atoms with Gasteiger partial charge in [-0.1, -0.05) is 42.5 Å². The zero-order valence-electron chi connectivity index (χ0n) is 16.3. The Hall–Kier alpha value is -4.07. The van der Waals surface area contributed by atoms with Gasteiger partial charge in [0.15, 0.2) is 17.3 Å². The number of nitrogens with zero attached hydrogens (tertiary/aromatic N) is 2. The molecule has 0 N–H and O–H groups in total. The van der Waals surface area contributed by atoms with E-state index in [1.54, 1.807) is 42.7 Å². The molecule has 0 aliphatic heterocycles. The van der Waals surface area contributed by atoms with Crippen LogP contribution in [-0.4, -0.2) is 22.1 Å². The number of hydrogen-bond donors (Lipinski definition) is 0. The average Bonchev–Trinajstić information content (AvgIpc) is 2.78. The van der Waals surface area contributed by atoms with Crippen molar-refractivity contribution in [1.82, 2.24) is 9.97 Å². The predicted molar refractivity (Wildman–Crippen MR) is 111 cm³/mol. The zero-order valence-corrected chi connectivity index (χ0v) is 16.3. The maximum absolute atomic E-state index is 13.9. The summed E-state index contributed by atoms with van der Waals surface area (Å²) >= 11 is 0. The van der Waals surface area contributed by atoms with Gasteiger partial charge in [0.1, 0.15) is 0 Å². The minimum atomic E-state index is -4.97. The smallest absolute Gasteiger partial charge is 0.403 e. The SMILES string of the molecule is O=C(C=Cc1ccc2nccnc2c1)c1ccc(-c2ccc(OC(F)(F)F)c(F)c2)cc1. The number of rotatable bonds is 5. The summed E-state index contributed by atoms with van der Waals surface area (Å²) in [5.41, 5.74) is 3.55. The molecular formula is C24H14F4N2O2. The third-order valence-electron chi connectivity index (χ3n) is 4.58. The summed E-state index contributed by atoms with van der Waals surface area (Å²) in [6, 6.07) is 14.9. The minimum Gasteiger partial charge on any atom is -0.403 e. The van der Waals surface area contributed by atoms with Gasteiger partial charge in [0.25, 0.3) is 0 Å². The molecule has 1 aromatic heterocycles. The summed E-state index contributed by atoms with van der Waals surface area (Å²) in [7, 11) is 0. The number of benzene rings is 3. The molecule has 0 aliphatic rings. The van der Waals surface area contributed by atoms with Gasteiger partial charge in [-0.25, -0.2) is 4.39 Å². The quantitative estimate of drug-likeness (QED) is 0.211. The van der Waals surface area contributed by atoms with Gasteiger partial charge < -0.3 is 4.74 Å². The Morgan fingerprint density at radius 2 is 1.53 bits per heavy atom. The molecule has 32 heavy (non-hydrogen) atoms. The van der Waals surface area contributed by atoms with Crippen molar-refractivity contribution in [2.45, 2.75) is 6.36 Å². The van der Waals surface area contributed by atoms with Crippen LogP contribution in [0.5, 0.6) is 5.75 Å². The van der Waals surface area contributed by atoms with E-state index in [1.165, 1.54) is 12.1 Å². The van der Waals surface area contributed by atoms with Crippen molar-refractivity contribution in [2.24, 2.45) is 0 Å². The Morgan fingerprint density at radius 1 is 0.844 bits per heavy atom. The molecule has 0 amide bonds. The summed E-state index contributed by atoms with van der Waals surface area (Å²) in [6.45, 7) is 0. The van der Waals surface area contributed by atoms with E-state index in [1.807, 2.05) is 18.2 Å². The standard InChI is InChI=1S/C24H14F4N2O2/c25-19-14-18(7-10-23(19)32-24(26,27)28)16-3-5-17(6-4-16)22(31)9-2-15-1-8-20-21(13-15)30-12-11-29-20/h1-14H. The lowest BCUT2D eigenvalue weighted by atomic mass is 10.0. The van der Waals surface area contributed by atoms with E-state index in [-0.39, 0.29) is 5.78 Å². The Balaban J connectivity index is 1.48. The third-order valence-corrected chi connectivity index (χ3v) is 4.58. The van der Waals surface area contributed by atoms with E-state index in [4.69, 9.17) is 0 Å². The number of aromatic nitrogens is 2. The van der Waals surface area contributed by atoms with Gasteiger partial charge in [-0.2, -0.15) is 0 Å². The minimum absolute atomic E-state index is 0.240. The zero-order chi connectivity index (χ0) is 22.7. The lowest BCUT2D eigenvalue weighted by molar-refractivity contribution is -0.275. The summed E-state index contributed by atoms with van der Waals surface area (Å²) in [5.74, 6) is -2.28. The molecule has 4 nitrogen and oxygen atoms in total. The summed E-state index contributed by atoms with van der Waals surface area (Å²) < 4.78 is 54.4. The van der Waals surface area contributed by atoms with E-state index < -0.39 is 17.9 Å². The van der Waals surface area contributed by atoms with Crippen molar-refractivity contribution in [2.75, 3.05) is 0 Å². The molecule has 0 aliphatic carbocycles. The van der Waals surface area contributed by atoms with Gasteiger partial charge in [-0.15, -0.1) is 13.2 Å². The molecule has 8 heteroatoms. The molecule has 0 unspecified atom stereocenters. The second kappa shape index (κ2) is 8.58. The van der Waals surface area contributed by atoms with Gasteiger partial charge in [0, 0.05) is 18.0 Å². The highest BCUT2D eigenvalue weighted by atomic mass is 19.4. The fourth-order valence-electron chi connectivity index (χ4n) is 3.07. The van der Waals surface area contributed by atoms with Gasteiger partial charge >= 0.3 is 6.36 Å². The lowest BCUT2D eigenvalue weighted by Crippen LogP contribution is -2.17. The van der Waals surface area contributed by atoms with Gasteiger partial charge in [-0.3, -0.25) is 14.8 Å². The Bertz CT molecular complexity index is 1320. The predicted octanol–water partition coefficient (Wildman–Crippen LogP) is 6.23. The highest BCUT2D eigenvalue weighted by Gasteiger charge is 2.32. The first-order chi connectivity index (χ1) is 15.3. The highest BCUT2D eigenvalue weighted by Crippen LogP contribution is 2.29. The fraction of sp³-hybridized carbons (Fsp3) is 0.0417. The van der Waals surface area contributed by atoms with Crippen LogP contribution >= 0.6 is 0 Å². The van der Waals surface area contributed by atoms with E-state index in [0.29, 0.717) is 22.2 Å². The maximum atomic E-state index is 13.9. The second-order valence-electron chi connectivity index (χ2n) is 6.77. The summed E-state index contributed by atoms with van der Waals surface area (Å²) in [6.07, 6.45) is 1.31. The monoisotopic (exact) mass is 438 g/mol. The van der Waals surface area contributed by atoms with Crippen molar-refractivity contribution in [3.05, 3.63) is 96.1 Å². The highest BCUT2D eigenvalue weighted by molar-refractivity contribution is 6.07. The molecular weight excluding hydrogens is 424 g/mol. The molecule has 0 radical (unpaired) electrons. The van der Waals surface area contributed by atoms with Crippen LogP contribution in [-0.2, 0) is 0 Å². The topological polar surface area (TPSA) is 52.1 Å². The van der Waals surface area contributed by atoms with Gasteiger partial charge in [-0.05, 0) is 47.0 Å². The number of ether oxygens (including phenoxy) is 1. The van der Waals surface area contributed by atoms with E-state index in [0.717, 1.165) is 23.2 Å². The van der Waals surface area contributed by atoms with Crippen LogP contribution in [0.4, 0.5) is 17.6 Å². The van der Waals surface area contributed by atoms with E-state index in [2.05, 4.69) is 14.7 Å². The summed E-state index contributed by atoms with van der Waals surface area (Å²) in [5, 5.41) is 0. The van der Waals surface area contributed by atoms with Crippen molar-refractivity contribution in [1.29, 1.82) is 0 Å².